The Morgan fingerprint density at radius 2 is 2.42 bits per heavy atom. The Bertz CT molecular complexity index is 252. The van der Waals surface area contributed by atoms with Crippen LogP contribution in [-0.2, 0) is 6.54 Å². The highest BCUT2D eigenvalue weighted by Gasteiger charge is 1.91. The second-order valence-electron chi connectivity index (χ2n) is 2.28. The van der Waals surface area contributed by atoms with Crippen LogP contribution in [0.15, 0.2) is 18.6 Å². The van der Waals surface area contributed by atoms with Gasteiger partial charge in [-0.15, -0.1) is 0 Å². The third-order valence-electron chi connectivity index (χ3n) is 1.34. The lowest BCUT2D eigenvalue weighted by Gasteiger charge is -1.99. The number of hydrogen-bond donors (Lipinski definition) is 1. The minimum atomic E-state index is 0.528. The van der Waals surface area contributed by atoms with E-state index in [1.165, 1.54) is 0 Å². The summed E-state index contributed by atoms with van der Waals surface area (Å²) < 4.78 is 0. The number of aromatic nitrogens is 2. The molecular weight excluding hydrogens is 152 g/mol. The molecule has 1 heterocycles. The highest BCUT2D eigenvalue weighted by atomic mass is 14.9. The topological polar surface area (TPSA) is 61.6 Å². The molecule has 0 aliphatic rings. The molecule has 4 heteroatoms. The first-order valence-corrected chi connectivity index (χ1v) is 3.76. The number of rotatable bonds is 4. The smallest absolute Gasteiger partial charge is 0.0724 e. The zero-order valence-corrected chi connectivity index (χ0v) is 6.70. The molecule has 0 bridgehead atoms. The van der Waals surface area contributed by atoms with Crippen molar-refractivity contribution in [3.63, 3.8) is 0 Å². The molecule has 0 aromatic carbocycles. The van der Waals surface area contributed by atoms with Crippen LogP contribution in [0, 0.1) is 11.3 Å². The fourth-order valence-electron chi connectivity index (χ4n) is 0.782. The summed E-state index contributed by atoms with van der Waals surface area (Å²) in [7, 11) is 0. The van der Waals surface area contributed by atoms with Gasteiger partial charge >= 0.3 is 0 Å². The van der Waals surface area contributed by atoms with E-state index in [1.807, 2.05) is 0 Å². The van der Waals surface area contributed by atoms with E-state index in [2.05, 4.69) is 21.4 Å². The summed E-state index contributed by atoms with van der Waals surface area (Å²) in [5.74, 6) is 0. The second-order valence-corrected chi connectivity index (χ2v) is 2.28. The molecule has 0 amide bonds. The van der Waals surface area contributed by atoms with E-state index in [0.29, 0.717) is 19.5 Å². The molecule has 12 heavy (non-hydrogen) atoms. The Kier molecular flexibility index (Phi) is 3.75. The van der Waals surface area contributed by atoms with Crippen molar-refractivity contribution in [2.45, 2.75) is 13.0 Å². The maximum atomic E-state index is 8.25. The summed E-state index contributed by atoms with van der Waals surface area (Å²) >= 11 is 0. The van der Waals surface area contributed by atoms with Crippen molar-refractivity contribution >= 4 is 0 Å². The van der Waals surface area contributed by atoms with E-state index in [4.69, 9.17) is 5.26 Å². The lowest BCUT2D eigenvalue weighted by Crippen LogP contribution is -2.15. The van der Waals surface area contributed by atoms with Crippen LogP contribution in [0.2, 0.25) is 0 Å². The zero-order valence-electron chi connectivity index (χ0n) is 6.70. The van der Waals surface area contributed by atoms with Crippen molar-refractivity contribution < 1.29 is 0 Å². The largest absolute Gasteiger partial charge is 0.310 e. The van der Waals surface area contributed by atoms with Crippen LogP contribution < -0.4 is 5.32 Å². The third kappa shape index (κ3) is 3.08. The Morgan fingerprint density at radius 1 is 1.50 bits per heavy atom. The Hall–Kier alpha value is -1.47. The van der Waals surface area contributed by atoms with Gasteiger partial charge in [0, 0.05) is 38.1 Å². The molecule has 0 aliphatic heterocycles. The van der Waals surface area contributed by atoms with Crippen molar-refractivity contribution in [3.8, 4) is 6.07 Å². The van der Waals surface area contributed by atoms with Gasteiger partial charge in [0.1, 0.15) is 0 Å². The summed E-state index contributed by atoms with van der Waals surface area (Å²) in [6.45, 7) is 1.38. The highest BCUT2D eigenvalue weighted by Crippen LogP contribution is 1.87. The number of hydrogen-bond acceptors (Lipinski definition) is 4. The van der Waals surface area contributed by atoms with Gasteiger partial charge in [0.05, 0.1) is 11.8 Å². The number of nitrogens with zero attached hydrogens (tertiary/aromatic N) is 3. The maximum Gasteiger partial charge on any atom is 0.0724 e. The van der Waals surface area contributed by atoms with Crippen molar-refractivity contribution in [1.29, 1.82) is 5.26 Å². The van der Waals surface area contributed by atoms with E-state index in [9.17, 15) is 0 Å². The quantitative estimate of drug-likeness (QED) is 0.654. The maximum absolute atomic E-state index is 8.25. The molecule has 0 aliphatic carbocycles. The molecule has 1 aromatic heterocycles. The molecule has 0 atom stereocenters. The third-order valence-corrected chi connectivity index (χ3v) is 1.34. The molecule has 1 N–H and O–H groups in total. The van der Waals surface area contributed by atoms with Gasteiger partial charge in [0.2, 0.25) is 0 Å². The summed E-state index contributed by atoms with van der Waals surface area (Å²) in [4.78, 5) is 7.98. The molecule has 0 saturated heterocycles. The summed E-state index contributed by atoms with van der Waals surface area (Å²) in [6, 6.07) is 2.06. The van der Waals surface area contributed by atoms with Crippen molar-refractivity contribution in [3.05, 3.63) is 24.3 Å². The molecule has 1 rings (SSSR count). The van der Waals surface area contributed by atoms with Crippen molar-refractivity contribution in [1.82, 2.24) is 15.3 Å². The normalized spacial score (nSPS) is 9.25. The van der Waals surface area contributed by atoms with Crippen LogP contribution in [0.1, 0.15) is 12.1 Å². The lowest BCUT2D eigenvalue weighted by molar-refractivity contribution is 0.683. The standard InChI is InChI=1S/C8H10N4/c9-2-1-3-10-6-8-7-11-4-5-12-8/h4-5,7,10H,1,3,6H2. The van der Waals surface area contributed by atoms with Gasteiger partial charge in [-0.1, -0.05) is 0 Å². The average Bonchev–Trinajstić information content (AvgIpc) is 2.14. The highest BCUT2D eigenvalue weighted by molar-refractivity contribution is 4.93. The van der Waals surface area contributed by atoms with Gasteiger partial charge in [0.25, 0.3) is 0 Å². The van der Waals surface area contributed by atoms with Crippen LogP contribution in [-0.4, -0.2) is 16.5 Å². The predicted molar refractivity (Wildman–Crippen MR) is 44.0 cm³/mol. The monoisotopic (exact) mass is 162 g/mol. The van der Waals surface area contributed by atoms with E-state index in [1.54, 1.807) is 18.6 Å². The lowest BCUT2D eigenvalue weighted by atomic mass is 10.4. The Balaban J connectivity index is 2.21. The summed E-state index contributed by atoms with van der Waals surface area (Å²) in [5.41, 5.74) is 0.899. The predicted octanol–water partition coefficient (Wildman–Crippen LogP) is 0.480. The minimum Gasteiger partial charge on any atom is -0.310 e. The molecule has 0 radical (unpaired) electrons. The van der Waals surface area contributed by atoms with Gasteiger partial charge < -0.3 is 5.32 Å². The molecule has 1 aromatic rings. The first-order chi connectivity index (χ1) is 5.93. The molecular formula is C8H10N4. The van der Waals surface area contributed by atoms with Crippen LogP contribution >= 0.6 is 0 Å². The molecule has 0 unspecified atom stereocenters. The Labute approximate surface area is 71.3 Å². The zero-order chi connectivity index (χ0) is 8.65. The molecule has 0 spiro atoms. The number of nitriles is 1. The molecule has 0 fully saturated rings. The fourth-order valence-corrected chi connectivity index (χ4v) is 0.782. The van der Waals surface area contributed by atoms with Crippen LogP contribution in [0.25, 0.3) is 0 Å². The van der Waals surface area contributed by atoms with E-state index in [-0.39, 0.29) is 0 Å². The first-order valence-electron chi connectivity index (χ1n) is 3.76. The molecule has 0 saturated carbocycles. The van der Waals surface area contributed by atoms with Crippen molar-refractivity contribution in [2.75, 3.05) is 6.54 Å². The van der Waals surface area contributed by atoms with Gasteiger partial charge in [-0.25, -0.2) is 0 Å². The van der Waals surface area contributed by atoms with Gasteiger partial charge in [-0.05, 0) is 0 Å². The van der Waals surface area contributed by atoms with Crippen LogP contribution in [0.4, 0.5) is 0 Å². The fraction of sp³-hybridized carbons (Fsp3) is 0.375. The Morgan fingerprint density at radius 3 is 3.08 bits per heavy atom. The van der Waals surface area contributed by atoms with Crippen molar-refractivity contribution in [2.24, 2.45) is 0 Å². The summed E-state index contributed by atoms with van der Waals surface area (Å²) in [5, 5.41) is 11.3. The molecule has 4 nitrogen and oxygen atoms in total. The van der Waals surface area contributed by atoms with Crippen LogP contribution in [0.3, 0.4) is 0 Å². The summed E-state index contributed by atoms with van der Waals surface area (Å²) in [6.07, 6.45) is 5.53. The van der Waals surface area contributed by atoms with E-state index < -0.39 is 0 Å². The molecule has 62 valence electrons. The minimum absolute atomic E-state index is 0.528. The second kappa shape index (κ2) is 5.22. The first kappa shape index (κ1) is 8.62. The number of nitrogens with one attached hydrogen (secondary N) is 1. The van der Waals surface area contributed by atoms with Crippen LogP contribution in [0.5, 0.6) is 0 Å². The van der Waals surface area contributed by atoms with Gasteiger partial charge in [-0.2, -0.15) is 5.26 Å². The van der Waals surface area contributed by atoms with Gasteiger partial charge in [0.15, 0.2) is 0 Å². The van der Waals surface area contributed by atoms with E-state index >= 15 is 0 Å². The SMILES string of the molecule is N#CCCNCc1cnccn1. The van der Waals surface area contributed by atoms with E-state index in [0.717, 1.165) is 5.69 Å². The average molecular weight is 162 g/mol. The van der Waals surface area contributed by atoms with Gasteiger partial charge in [-0.3, -0.25) is 9.97 Å².